The Morgan fingerprint density at radius 1 is 1.11 bits per heavy atom. The van der Waals surface area contributed by atoms with Crippen molar-refractivity contribution in [1.82, 2.24) is 5.32 Å². The van der Waals surface area contributed by atoms with Gasteiger partial charge in [-0.2, -0.15) is 0 Å². The lowest BCUT2D eigenvalue weighted by molar-refractivity contribution is -0.115. The van der Waals surface area contributed by atoms with Gasteiger partial charge in [-0.25, -0.2) is 0 Å². The summed E-state index contributed by atoms with van der Waals surface area (Å²) in [5, 5.41) is 1.89. The lowest BCUT2D eigenvalue weighted by atomic mass is 9.87. The van der Waals surface area contributed by atoms with Gasteiger partial charge in [0.05, 0.1) is 12.0 Å². The van der Waals surface area contributed by atoms with Crippen molar-refractivity contribution in [1.29, 1.82) is 0 Å². The largest absolute Gasteiger partial charge is 0.493 e. The summed E-state index contributed by atoms with van der Waals surface area (Å²) >= 11 is 0.880. The van der Waals surface area contributed by atoms with Crippen molar-refractivity contribution in [3.05, 3.63) is 62.6 Å². The lowest BCUT2D eigenvalue weighted by Crippen LogP contribution is -2.42. The molecule has 1 N–H and O–H groups in total. The number of hydrogen-bond acceptors (Lipinski definition) is 7. The Labute approximate surface area is 228 Å². The second-order valence-corrected chi connectivity index (χ2v) is 11.2. The fraction of sp³-hybridized carbons (Fsp3) is 0.400. The standard InChI is InChI=1S/C30H35NO6S/c1-17(2)11-13-35-26-18(3)19(4)27-22(20(26)5)10-12-30(6,37-27)16-36-23-9-8-21(14-24(23)34-7)15-25-28(32)31-29(33)38-25/h8-9,11,14-15H,10,12-13,16H2,1-7H3,(H,31,32,33). The first kappa shape index (κ1) is 27.6. The van der Waals surface area contributed by atoms with E-state index in [2.05, 4.69) is 52.9 Å². The van der Waals surface area contributed by atoms with Gasteiger partial charge in [-0.1, -0.05) is 11.6 Å². The van der Waals surface area contributed by atoms with Gasteiger partial charge >= 0.3 is 0 Å². The van der Waals surface area contributed by atoms with E-state index in [9.17, 15) is 9.59 Å². The van der Waals surface area contributed by atoms with Crippen LogP contribution in [0, 0.1) is 20.8 Å². The molecule has 2 aromatic rings. The van der Waals surface area contributed by atoms with Gasteiger partial charge in [-0.05, 0) is 113 Å². The Morgan fingerprint density at radius 2 is 1.87 bits per heavy atom. The minimum Gasteiger partial charge on any atom is -0.493 e. The molecule has 2 aromatic carbocycles. The summed E-state index contributed by atoms with van der Waals surface area (Å²) in [7, 11) is 1.57. The Morgan fingerprint density at radius 3 is 2.53 bits per heavy atom. The summed E-state index contributed by atoms with van der Waals surface area (Å²) in [6.07, 6.45) is 5.40. The Hall–Kier alpha value is -3.39. The zero-order valence-electron chi connectivity index (χ0n) is 23.1. The first-order chi connectivity index (χ1) is 18.0. The van der Waals surface area contributed by atoms with Gasteiger partial charge < -0.3 is 18.9 Å². The van der Waals surface area contributed by atoms with Crippen LogP contribution >= 0.6 is 11.8 Å². The number of rotatable bonds is 8. The highest BCUT2D eigenvalue weighted by atomic mass is 32.2. The minimum atomic E-state index is -0.522. The van der Waals surface area contributed by atoms with Crippen LogP contribution in [0.5, 0.6) is 23.0 Å². The predicted molar refractivity (Wildman–Crippen MR) is 151 cm³/mol. The number of fused-ring (bicyclic) bond motifs is 1. The van der Waals surface area contributed by atoms with Gasteiger partial charge in [0.25, 0.3) is 11.1 Å². The Balaban J connectivity index is 1.50. The fourth-order valence-electron chi connectivity index (χ4n) is 4.59. The SMILES string of the molecule is COc1cc(C=C2SC(=O)NC2=O)ccc1OCC1(C)CCc2c(C)c(OCC=C(C)C)c(C)c(C)c2O1. The number of methoxy groups -OCH3 is 1. The summed E-state index contributed by atoms with van der Waals surface area (Å²) < 4.78 is 24.5. The second kappa shape index (κ2) is 11.2. The molecule has 38 heavy (non-hydrogen) atoms. The highest BCUT2D eigenvalue weighted by molar-refractivity contribution is 8.18. The first-order valence-corrected chi connectivity index (χ1v) is 13.5. The van der Waals surface area contributed by atoms with Crippen LogP contribution in [0.3, 0.4) is 0 Å². The summed E-state index contributed by atoms with van der Waals surface area (Å²) in [4.78, 5) is 23.7. The number of carbonyl (C=O) groups is 2. The third kappa shape index (κ3) is 5.85. The molecule has 0 aliphatic carbocycles. The van der Waals surface area contributed by atoms with Gasteiger partial charge in [0.15, 0.2) is 11.5 Å². The van der Waals surface area contributed by atoms with Crippen molar-refractivity contribution in [2.45, 2.75) is 60.0 Å². The topological polar surface area (TPSA) is 83.1 Å². The molecule has 1 saturated heterocycles. The van der Waals surface area contributed by atoms with Crippen LogP contribution in [0.25, 0.3) is 6.08 Å². The molecule has 8 heteroatoms. The molecule has 0 bridgehead atoms. The van der Waals surface area contributed by atoms with Gasteiger partial charge in [0, 0.05) is 5.56 Å². The van der Waals surface area contributed by atoms with E-state index >= 15 is 0 Å². The maximum Gasteiger partial charge on any atom is 0.290 e. The number of thioether (sulfide) groups is 1. The molecule has 0 aromatic heterocycles. The quantitative estimate of drug-likeness (QED) is 0.306. The number of nitrogens with one attached hydrogen (secondary N) is 1. The van der Waals surface area contributed by atoms with Crippen molar-refractivity contribution < 1.29 is 28.5 Å². The number of imide groups is 1. The lowest BCUT2D eigenvalue weighted by Gasteiger charge is -2.38. The van der Waals surface area contributed by atoms with Crippen molar-refractivity contribution in [2.24, 2.45) is 0 Å². The van der Waals surface area contributed by atoms with E-state index < -0.39 is 11.5 Å². The zero-order chi connectivity index (χ0) is 27.6. The maximum atomic E-state index is 11.9. The molecule has 1 atom stereocenters. The summed E-state index contributed by atoms with van der Waals surface area (Å²) in [6, 6.07) is 5.42. The number of benzene rings is 2. The smallest absolute Gasteiger partial charge is 0.290 e. The van der Waals surface area contributed by atoms with Crippen LogP contribution in [0.2, 0.25) is 0 Å². The molecular formula is C30H35NO6S. The molecule has 0 saturated carbocycles. The third-order valence-electron chi connectivity index (χ3n) is 6.94. The van der Waals surface area contributed by atoms with E-state index in [0.29, 0.717) is 29.6 Å². The highest BCUT2D eigenvalue weighted by Gasteiger charge is 2.36. The molecule has 7 nitrogen and oxygen atoms in total. The molecule has 2 amide bonds. The van der Waals surface area contributed by atoms with Crippen molar-refractivity contribution >= 4 is 29.0 Å². The zero-order valence-corrected chi connectivity index (χ0v) is 23.9. The van der Waals surface area contributed by atoms with E-state index in [1.54, 1.807) is 25.3 Å². The second-order valence-electron chi connectivity index (χ2n) is 10.2. The van der Waals surface area contributed by atoms with Crippen molar-refractivity contribution in [3.8, 4) is 23.0 Å². The van der Waals surface area contributed by atoms with E-state index in [4.69, 9.17) is 18.9 Å². The first-order valence-electron chi connectivity index (χ1n) is 12.6. The molecule has 0 spiro atoms. The molecule has 0 radical (unpaired) electrons. The van der Waals surface area contributed by atoms with Crippen LogP contribution in [-0.4, -0.2) is 37.1 Å². The van der Waals surface area contributed by atoms with Crippen LogP contribution in [0.4, 0.5) is 4.79 Å². The van der Waals surface area contributed by atoms with Crippen LogP contribution in [0.15, 0.2) is 34.8 Å². The number of allylic oxidation sites excluding steroid dienone is 1. The molecule has 2 aliphatic heterocycles. The monoisotopic (exact) mass is 537 g/mol. The van der Waals surface area contributed by atoms with E-state index in [1.807, 2.05) is 6.07 Å². The summed E-state index contributed by atoms with van der Waals surface area (Å²) in [5.74, 6) is 2.59. The molecule has 1 unspecified atom stereocenters. The van der Waals surface area contributed by atoms with Crippen LogP contribution in [0.1, 0.15) is 55.0 Å². The number of hydrogen-bond donors (Lipinski definition) is 1. The third-order valence-corrected chi connectivity index (χ3v) is 7.75. The normalized spacial score (nSPS) is 19.5. The number of ether oxygens (including phenoxy) is 4. The van der Waals surface area contributed by atoms with Crippen molar-refractivity contribution in [2.75, 3.05) is 20.3 Å². The van der Waals surface area contributed by atoms with E-state index in [0.717, 1.165) is 58.4 Å². The van der Waals surface area contributed by atoms with Crippen LogP contribution < -0.4 is 24.3 Å². The summed E-state index contributed by atoms with van der Waals surface area (Å²) in [5.41, 5.74) is 5.96. The van der Waals surface area contributed by atoms with Gasteiger partial charge in [-0.3, -0.25) is 14.9 Å². The van der Waals surface area contributed by atoms with Gasteiger partial charge in [-0.15, -0.1) is 0 Å². The minimum absolute atomic E-state index is 0.340. The maximum absolute atomic E-state index is 11.9. The molecule has 2 aliphatic rings. The van der Waals surface area contributed by atoms with Crippen molar-refractivity contribution in [3.63, 3.8) is 0 Å². The summed E-state index contributed by atoms with van der Waals surface area (Å²) in [6.45, 7) is 13.4. The predicted octanol–water partition coefficient (Wildman–Crippen LogP) is 6.45. The Kier molecular flexibility index (Phi) is 8.11. The molecule has 4 rings (SSSR count). The van der Waals surface area contributed by atoms with E-state index in [1.165, 1.54) is 11.1 Å². The highest BCUT2D eigenvalue weighted by Crippen LogP contribution is 2.44. The number of carbonyl (C=O) groups excluding carboxylic acids is 2. The van der Waals surface area contributed by atoms with Gasteiger partial charge in [0.2, 0.25) is 0 Å². The molecule has 202 valence electrons. The molecule has 1 fully saturated rings. The fourth-order valence-corrected chi connectivity index (χ4v) is 5.27. The van der Waals surface area contributed by atoms with Gasteiger partial charge in [0.1, 0.15) is 30.3 Å². The molecular weight excluding hydrogens is 502 g/mol. The average Bonchev–Trinajstić information content (AvgIpc) is 3.19. The molecule has 2 heterocycles. The van der Waals surface area contributed by atoms with Crippen LogP contribution in [-0.2, 0) is 11.2 Å². The van der Waals surface area contributed by atoms with E-state index in [-0.39, 0.29) is 5.24 Å². The average molecular weight is 538 g/mol. The number of amides is 2. The Bertz CT molecular complexity index is 1340.